The van der Waals surface area contributed by atoms with E-state index in [0.717, 1.165) is 31.6 Å². The molecule has 1 aliphatic rings. The van der Waals surface area contributed by atoms with Gasteiger partial charge in [-0.05, 0) is 30.7 Å². The zero-order valence-electron chi connectivity index (χ0n) is 12.9. The first kappa shape index (κ1) is 18.6. The van der Waals surface area contributed by atoms with Crippen LogP contribution in [0.4, 0.5) is 13.2 Å². The van der Waals surface area contributed by atoms with E-state index in [9.17, 15) is 13.2 Å². The molecule has 0 bridgehead atoms. The molecule has 0 aliphatic carbocycles. The first-order chi connectivity index (χ1) is 11.0. The van der Waals surface area contributed by atoms with Gasteiger partial charge in [0.05, 0.1) is 31.1 Å². The van der Waals surface area contributed by atoms with Crippen LogP contribution in [0.15, 0.2) is 36.7 Å². The maximum absolute atomic E-state index is 12.7. The number of hydrogen-bond acceptors (Lipinski definition) is 3. The summed E-state index contributed by atoms with van der Waals surface area (Å²) in [5.74, 6) is 1.14. The lowest BCUT2D eigenvalue weighted by molar-refractivity contribution is -0.137. The molecule has 0 radical (unpaired) electrons. The molecule has 1 saturated heterocycles. The smallest absolute Gasteiger partial charge is 0.416 e. The van der Waals surface area contributed by atoms with Crippen molar-refractivity contribution in [1.29, 1.82) is 0 Å². The van der Waals surface area contributed by atoms with E-state index in [1.54, 1.807) is 23.1 Å². The van der Waals surface area contributed by atoms with Crippen molar-refractivity contribution in [3.8, 4) is 5.75 Å². The highest BCUT2D eigenvalue weighted by Gasteiger charge is 2.30. The van der Waals surface area contributed by atoms with Crippen LogP contribution in [0.3, 0.4) is 0 Å². The Balaban J connectivity index is 0.00000208. The molecular formula is C16H19ClF3N3O. The first-order valence-corrected chi connectivity index (χ1v) is 7.53. The summed E-state index contributed by atoms with van der Waals surface area (Å²) >= 11 is 0. The van der Waals surface area contributed by atoms with Crippen molar-refractivity contribution in [2.45, 2.75) is 19.1 Å². The van der Waals surface area contributed by atoms with Gasteiger partial charge < -0.3 is 10.1 Å². The third kappa shape index (κ3) is 4.88. The Kier molecular flexibility index (Phi) is 6.12. The molecule has 8 heteroatoms. The lowest BCUT2D eigenvalue weighted by atomic mass is 10.1. The van der Waals surface area contributed by atoms with E-state index >= 15 is 0 Å². The minimum atomic E-state index is -4.33. The van der Waals surface area contributed by atoms with Crippen molar-refractivity contribution < 1.29 is 17.9 Å². The van der Waals surface area contributed by atoms with E-state index in [1.807, 2.05) is 0 Å². The summed E-state index contributed by atoms with van der Waals surface area (Å²) in [6, 6.07) is 5.27. The second kappa shape index (κ2) is 7.90. The van der Waals surface area contributed by atoms with E-state index in [4.69, 9.17) is 4.74 Å². The van der Waals surface area contributed by atoms with Gasteiger partial charge in [-0.25, -0.2) is 0 Å². The summed E-state index contributed by atoms with van der Waals surface area (Å²) in [6.07, 6.45) is 0.0702. The molecule has 24 heavy (non-hydrogen) atoms. The number of benzene rings is 1. The Hall–Kier alpha value is -1.73. The van der Waals surface area contributed by atoms with Crippen LogP contribution in [-0.2, 0) is 12.7 Å². The lowest BCUT2D eigenvalue weighted by Crippen LogP contribution is -2.15. The van der Waals surface area contributed by atoms with Gasteiger partial charge in [0.15, 0.2) is 5.75 Å². The third-order valence-corrected chi connectivity index (χ3v) is 3.86. The number of rotatable bonds is 5. The normalized spacial score (nSPS) is 17.5. The van der Waals surface area contributed by atoms with Crippen LogP contribution in [0, 0.1) is 5.92 Å². The summed E-state index contributed by atoms with van der Waals surface area (Å²) in [7, 11) is 0. The molecule has 1 aromatic carbocycles. The van der Waals surface area contributed by atoms with Gasteiger partial charge in [0.2, 0.25) is 0 Å². The van der Waals surface area contributed by atoms with E-state index in [0.29, 0.717) is 23.8 Å². The van der Waals surface area contributed by atoms with Gasteiger partial charge in [0, 0.05) is 12.5 Å². The highest BCUT2D eigenvalue weighted by atomic mass is 35.5. The van der Waals surface area contributed by atoms with Crippen molar-refractivity contribution >= 4 is 12.4 Å². The highest BCUT2D eigenvalue weighted by molar-refractivity contribution is 5.85. The predicted molar refractivity (Wildman–Crippen MR) is 86.5 cm³/mol. The van der Waals surface area contributed by atoms with Gasteiger partial charge in [-0.15, -0.1) is 12.4 Å². The van der Waals surface area contributed by atoms with E-state index < -0.39 is 11.7 Å². The van der Waals surface area contributed by atoms with Crippen LogP contribution in [0.25, 0.3) is 0 Å². The van der Waals surface area contributed by atoms with Crippen LogP contribution < -0.4 is 10.1 Å². The Morgan fingerprint density at radius 2 is 2.17 bits per heavy atom. The molecule has 1 unspecified atom stereocenters. The molecule has 3 rings (SSSR count). The predicted octanol–water partition coefficient (Wildman–Crippen LogP) is 3.36. The minimum Gasteiger partial charge on any atom is -0.490 e. The molecule has 2 aromatic rings. The molecule has 1 atom stereocenters. The molecule has 0 amide bonds. The second-order valence-electron chi connectivity index (χ2n) is 5.74. The lowest BCUT2D eigenvalue weighted by Gasteiger charge is -2.09. The monoisotopic (exact) mass is 361 g/mol. The minimum absolute atomic E-state index is 0. The number of halogens is 4. The van der Waals surface area contributed by atoms with Crippen molar-refractivity contribution in [2.75, 3.05) is 19.7 Å². The van der Waals surface area contributed by atoms with E-state index in [-0.39, 0.29) is 19.0 Å². The topological polar surface area (TPSA) is 39.1 Å². The quantitative estimate of drug-likeness (QED) is 0.887. The van der Waals surface area contributed by atoms with Gasteiger partial charge in [-0.3, -0.25) is 4.68 Å². The zero-order chi connectivity index (χ0) is 16.3. The van der Waals surface area contributed by atoms with Gasteiger partial charge in [-0.2, -0.15) is 18.3 Å². The third-order valence-electron chi connectivity index (χ3n) is 3.86. The number of hydrogen-bond donors (Lipinski definition) is 1. The Labute approximate surface area is 144 Å². The summed E-state index contributed by atoms with van der Waals surface area (Å²) in [6.45, 7) is 2.88. The maximum Gasteiger partial charge on any atom is 0.416 e. The molecule has 1 N–H and O–H groups in total. The molecule has 132 valence electrons. The van der Waals surface area contributed by atoms with Crippen LogP contribution in [0.2, 0.25) is 0 Å². The Morgan fingerprint density at radius 3 is 2.88 bits per heavy atom. The van der Waals surface area contributed by atoms with Gasteiger partial charge >= 0.3 is 6.18 Å². The van der Waals surface area contributed by atoms with Gasteiger partial charge in [0.1, 0.15) is 0 Å². The molecule has 1 aromatic heterocycles. The number of nitrogens with zero attached hydrogens (tertiary/aromatic N) is 2. The first-order valence-electron chi connectivity index (χ1n) is 7.53. The van der Waals surface area contributed by atoms with Crippen molar-refractivity contribution in [3.63, 3.8) is 0 Å². The SMILES string of the molecule is Cl.FC(F)(F)c1cccc(Cn2cc(OCC3CCNC3)cn2)c1. The Bertz CT molecular complexity index is 654. The van der Waals surface area contributed by atoms with Crippen molar-refractivity contribution in [2.24, 2.45) is 5.92 Å². The molecule has 1 aliphatic heterocycles. The van der Waals surface area contributed by atoms with Crippen molar-refractivity contribution in [1.82, 2.24) is 15.1 Å². The van der Waals surface area contributed by atoms with Crippen LogP contribution in [0.5, 0.6) is 5.75 Å². The van der Waals surface area contributed by atoms with Gasteiger partial charge in [-0.1, -0.05) is 12.1 Å². The van der Waals surface area contributed by atoms with Gasteiger partial charge in [0.25, 0.3) is 0 Å². The zero-order valence-corrected chi connectivity index (χ0v) is 13.7. The van der Waals surface area contributed by atoms with Crippen LogP contribution in [-0.4, -0.2) is 29.5 Å². The fraction of sp³-hybridized carbons (Fsp3) is 0.438. The number of aromatic nitrogens is 2. The standard InChI is InChI=1S/C16H18F3N3O.ClH/c17-16(18,19)14-3-1-2-12(6-14)9-22-10-15(8-21-22)23-11-13-4-5-20-7-13;/h1-3,6,8,10,13,20H,4-5,7,9,11H2;1H. The van der Waals surface area contributed by atoms with E-state index in [2.05, 4.69) is 10.4 Å². The molecule has 4 nitrogen and oxygen atoms in total. The number of ether oxygens (including phenoxy) is 1. The van der Waals surface area contributed by atoms with Crippen molar-refractivity contribution in [3.05, 3.63) is 47.8 Å². The summed E-state index contributed by atoms with van der Waals surface area (Å²) in [4.78, 5) is 0. The Morgan fingerprint density at radius 1 is 1.33 bits per heavy atom. The fourth-order valence-electron chi connectivity index (χ4n) is 2.61. The average molecular weight is 362 g/mol. The molecule has 0 saturated carbocycles. The number of alkyl halides is 3. The number of nitrogens with one attached hydrogen (secondary N) is 1. The average Bonchev–Trinajstić information content (AvgIpc) is 3.16. The second-order valence-corrected chi connectivity index (χ2v) is 5.74. The molecule has 1 fully saturated rings. The van der Waals surface area contributed by atoms with Crippen LogP contribution >= 0.6 is 12.4 Å². The fourth-order valence-corrected chi connectivity index (χ4v) is 2.61. The summed E-state index contributed by atoms with van der Waals surface area (Å²) in [5.41, 5.74) is -0.0955. The summed E-state index contributed by atoms with van der Waals surface area (Å²) < 4.78 is 45.4. The molecule has 0 spiro atoms. The van der Waals surface area contributed by atoms with Crippen LogP contribution in [0.1, 0.15) is 17.5 Å². The molecular weight excluding hydrogens is 343 g/mol. The molecule has 2 heterocycles. The highest BCUT2D eigenvalue weighted by Crippen LogP contribution is 2.29. The maximum atomic E-state index is 12.7. The largest absolute Gasteiger partial charge is 0.490 e. The van der Waals surface area contributed by atoms with E-state index in [1.165, 1.54) is 6.07 Å². The summed E-state index contributed by atoms with van der Waals surface area (Å²) in [5, 5.41) is 7.41.